The SMILES string of the molecule is COc1ccc(CN(c2ncc(Cl)s2)S(=O)(=O)n2ncc3c(N)cccc32)c(OC)c1. The lowest BCUT2D eigenvalue weighted by Gasteiger charge is -2.23. The van der Waals surface area contributed by atoms with Gasteiger partial charge in [-0.15, -0.1) is 4.09 Å². The van der Waals surface area contributed by atoms with E-state index in [9.17, 15) is 8.42 Å². The number of fused-ring (bicyclic) bond motifs is 1. The molecule has 0 radical (unpaired) electrons. The molecule has 2 N–H and O–H groups in total. The highest BCUT2D eigenvalue weighted by molar-refractivity contribution is 7.91. The Morgan fingerprint density at radius 3 is 2.68 bits per heavy atom. The standard InChI is InChI=1S/C19H18ClN5O4S2/c1-28-13-7-6-12(17(8-13)29-2)11-24(19-22-10-18(20)30-19)31(26,27)25-16-5-3-4-15(21)14(16)9-23-25/h3-10H,11,21H2,1-2H3. The molecule has 0 atom stereocenters. The van der Waals surface area contributed by atoms with Crippen molar-refractivity contribution in [3.05, 3.63) is 58.7 Å². The van der Waals surface area contributed by atoms with Crippen LogP contribution >= 0.6 is 22.9 Å². The smallest absolute Gasteiger partial charge is 0.348 e. The van der Waals surface area contributed by atoms with E-state index in [2.05, 4.69) is 10.1 Å². The molecule has 4 rings (SSSR count). The van der Waals surface area contributed by atoms with E-state index in [1.54, 1.807) is 36.4 Å². The molecule has 2 heterocycles. The van der Waals surface area contributed by atoms with Gasteiger partial charge in [0.2, 0.25) is 5.13 Å². The minimum atomic E-state index is -4.19. The maximum Gasteiger partial charge on any atom is 0.348 e. The maximum atomic E-state index is 13.7. The van der Waals surface area contributed by atoms with E-state index >= 15 is 0 Å². The first-order valence-electron chi connectivity index (χ1n) is 8.93. The van der Waals surface area contributed by atoms with Gasteiger partial charge in [-0.2, -0.15) is 13.5 Å². The Bertz CT molecular complexity index is 1350. The number of nitrogens with two attached hydrogens (primary N) is 1. The summed E-state index contributed by atoms with van der Waals surface area (Å²) in [4.78, 5) is 4.18. The van der Waals surface area contributed by atoms with Crippen LogP contribution in [0.2, 0.25) is 4.34 Å². The number of halogens is 1. The zero-order chi connectivity index (χ0) is 22.2. The summed E-state index contributed by atoms with van der Waals surface area (Å²) in [6.45, 7) is -0.0665. The number of anilines is 2. The van der Waals surface area contributed by atoms with Crippen molar-refractivity contribution < 1.29 is 17.9 Å². The Hall–Kier alpha value is -3.02. The van der Waals surface area contributed by atoms with Crippen molar-refractivity contribution in [2.24, 2.45) is 0 Å². The molecule has 0 amide bonds. The van der Waals surface area contributed by atoms with Gasteiger partial charge in [-0.05, 0) is 24.3 Å². The predicted octanol–water partition coefficient (Wildman–Crippen LogP) is 3.55. The molecule has 2 aromatic carbocycles. The molecule has 0 spiro atoms. The number of ether oxygens (including phenoxy) is 2. The molecule has 0 saturated carbocycles. The second-order valence-electron chi connectivity index (χ2n) is 6.41. The second-order valence-corrected chi connectivity index (χ2v) is 9.73. The van der Waals surface area contributed by atoms with Gasteiger partial charge in [0.25, 0.3) is 0 Å². The highest BCUT2D eigenvalue weighted by Crippen LogP contribution is 2.34. The first kappa shape index (κ1) is 21.2. The fourth-order valence-corrected chi connectivity index (χ4v) is 5.58. The number of nitrogen functional groups attached to an aromatic ring is 1. The average Bonchev–Trinajstić information content (AvgIpc) is 3.39. The Kier molecular flexibility index (Phi) is 5.65. The van der Waals surface area contributed by atoms with Gasteiger partial charge in [-0.3, -0.25) is 0 Å². The molecule has 2 aromatic heterocycles. The molecule has 0 bridgehead atoms. The summed E-state index contributed by atoms with van der Waals surface area (Å²) in [5.41, 5.74) is 7.37. The molecule has 0 aliphatic heterocycles. The van der Waals surface area contributed by atoms with Crippen molar-refractivity contribution in [1.29, 1.82) is 0 Å². The van der Waals surface area contributed by atoms with Gasteiger partial charge < -0.3 is 15.2 Å². The molecule has 31 heavy (non-hydrogen) atoms. The summed E-state index contributed by atoms with van der Waals surface area (Å²) in [6, 6.07) is 10.1. The monoisotopic (exact) mass is 479 g/mol. The highest BCUT2D eigenvalue weighted by atomic mass is 35.5. The lowest BCUT2D eigenvalue weighted by atomic mass is 10.2. The van der Waals surface area contributed by atoms with E-state index in [4.69, 9.17) is 26.8 Å². The molecule has 0 unspecified atom stereocenters. The van der Waals surface area contributed by atoms with Crippen molar-refractivity contribution in [2.75, 3.05) is 24.3 Å². The Balaban J connectivity index is 1.85. The number of hydrogen-bond donors (Lipinski definition) is 1. The lowest BCUT2D eigenvalue weighted by molar-refractivity contribution is 0.391. The van der Waals surface area contributed by atoms with Crippen LogP contribution in [0.1, 0.15) is 5.56 Å². The molecular weight excluding hydrogens is 462 g/mol. The molecule has 0 aliphatic carbocycles. The van der Waals surface area contributed by atoms with Gasteiger partial charge in [0.05, 0.1) is 38.7 Å². The van der Waals surface area contributed by atoms with Crippen LogP contribution < -0.4 is 19.5 Å². The van der Waals surface area contributed by atoms with E-state index < -0.39 is 10.2 Å². The van der Waals surface area contributed by atoms with Gasteiger partial charge >= 0.3 is 10.2 Å². The first-order valence-corrected chi connectivity index (χ1v) is 11.5. The number of nitrogens with zero attached hydrogens (tertiary/aromatic N) is 4. The van der Waals surface area contributed by atoms with Crippen LogP contribution in [0.15, 0.2) is 48.8 Å². The number of methoxy groups -OCH3 is 2. The number of benzene rings is 2. The lowest BCUT2D eigenvalue weighted by Crippen LogP contribution is -2.36. The van der Waals surface area contributed by atoms with E-state index in [0.29, 0.717) is 38.0 Å². The Morgan fingerprint density at radius 2 is 2.00 bits per heavy atom. The molecule has 162 valence electrons. The molecule has 4 aromatic rings. The summed E-state index contributed by atoms with van der Waals surface area (Å²) in [7, 11) is -1.15. The van der Waals surface area contributed by atoms with Crippen LogP contribution in [0.3, 0.4) is 0 Å². The summed E-state index contributed by atoms with van der Waals surface area (Å²) >= 11 is 7.09. The predicted molar refractivity (Wildman–Crippen MR) is 121 cm³/mol. The minimum Gasteiger partial charge on any atom is -0.497 e. The molecule has 9 nitrogen and oxygen atoms in total. The summed E-state index contributed by atoms with van der Waals surface area (Å²) in [5.74, 6) is 1.05. The third kappa shape index (κ3) is 3.87. The van der Waals surface area contributed by atoms with Crippen LogP contribution in [0.4, 0.5) is 10.8 Å². The van der Waals surface area contributed by atoms with Crippen molar-refractivity contribution in [3.8, 4) is 11.5 Å². The van der Waals surface area contributed by atoms with Crippen molar-refractivity contribution >= 4 is 54.9 Å². The van der Waals surface area contributed by atoms with E-state index in [1.807, 2.05) is 0 Å². The number of rotatable bonds is 7. The molecule has 0 aliphatic rings. The summed E-state index contributed by atoms with van der Waals surface area (Å²) in [6.07, 6.45) is 2.82. The van der Waals surface area contributed by atoms with Crippen LogP contribution in [-0.4, -0.2) is 36.8 Å². The quantitative estimate of drug-likeness (QED) is 0.403. The summed E-state index contributed by atoms with van der Waals surface area (Å²) in [5, 5.41) is 4.82. The molecule has 0 fully saturated rings. The number of thiazole rings is 1. The largest absolute Gasteiger partial charge is 0.497 e. The van der Waals surface area contributed by atoms with Gasteiger partial charge in [0.15, 0.2) is 0 Å². The van der Waals surface area contributed by atoms with Crippen molar-refractivity contribution in [1.82, 2.24) is 14.2 Å². The van der Waals surface area contributed by atoms with Crippen LogP contribution in [0, 0.1) is 0 Å². The van der Waals surface area contributed by atoms with Crippen molar-refractivity contribution in [3.63, 3.8) is 0 Å². The first-order chi connectivity index (χ1) is 14.8. The fourth-order valence-electron chi connectivity index (χ4n) is 3.07. The van der Waals surface area contributed by atoms with Gasteiger partial charge in [0.1, 0.15) is 15.8 Å². The number of hydrogen-bond acceptors (Lipinski definition) is 8. The molecule has 0 saturated heterocycles. The van der Waals surface area contributed by atoms with Gasteiger partial charge in [0, 0.05) is 22.7 Å². The zero-order valence-electron chi connectivity index (χ0n) is 16.5. The third-order valence-corrected chi connectivity index (χ3v) is 7.44. The second kappa shape index (κ2) is 8.25. The topological polar surface area (TPSA) is 113 Å². The van der Waals surface area contributed by atoms with Crippen LogP contribution in [0.5, 0.6) is 11.5 Å². The average molecular weight is 480 g/mol. The normalized spacial score (nSPS) is 11.6. The summed E-state index contributed by atoms with van der Waals surface area (Å²) < 4.78 is 40.5. The van der Waals surface area contributed by atoms with E-state index in [-0.39, 0.29) is 11.7 Å². The Morgan fingerprint density at radius 1 is 1.19 bits per heavy atom. The molecule has 12 heteroatoms. The van der Waals surface area contributed by atoms with E-state index in [1.165, 1.54) is 26.6 Å². The van der Waals surface area contributed by atoms with Gasteiger partial charge in [-0.1, -0.05) is 29.0 Å². The molecular formula is C19H18ClN5O4S2. The fraction of sp³-hybridized carbons (Fsp3) is 0.158. The minimum absolute atomic E-state index is 0.0665. The highest BCUT2D eigenvalue weighted by Gasteiger charge is 2.30. The maximum absolute atomic E-state index is 13.7. The van der Waals surface area contributed by atoms with E-state index in [0.717, 1.165) is 19.7 Å². The van der Waals surface area contributed by atoms with Gasteiger partial charge in [-0.25, -0.2) is 9.29 Å². The van der Waals surface area contributed by atoms with Crippen molar-refractivity contribution in [2.45, 2.75) is 6.54 Å². The van der Waals surface area contributed by atoms with Crippen LogP contribution in [-0.2, 0) is 16.8 Å². The number of aromatic nitrogens is 3. The Labute approximate surface area is 187 Å². The zero-order valence-corrected chi connectivity index (χ0v) is 18.9. The van der Waals surface area contributed by atoms with Crippen LogP contribution in [0.25, 0.3) is 10.9 Å². The third-order valence-electron chi connectivity index (χ3n) is 4.60.